The maximum atomic E-state index is 10.2. The van der Waals surface area contributed by atoms with Crippen molar-refractivity contribution in [1.82, 2.24) is 5.32 Å². The molecule has 0 heterocycles. The van der Waals surface area contributed by atoms with Crippen LogP contribution in [0.25, 0.3) is 0 Å². The molecule has 0 amide bonds. The van der Waals surface area contributed by atoms with Crippen LogP contribution in [-0.4, -0.2) is 17.3 Å². The minimum Gasteiger partial charge on any atom is -0.389 e. The summed E-state index contributed by atoms with van der Waals surface area (Å²) in [7, 11) is 0. The van der Waals surface area contributed by atoms with E-state index < -0.39 is 5.60 Å². The molecule has 0 saturated carbocycles. The van der Waals surface area contributed by atoms with Crippen molar-refractivity contribution in [3.05, 3.63) is 33.8 Å². The number of rotatable bonds is 6. The topological polar surface area (TPSA) is 32.3 Å². The summed E-state index contributed by atoms with van der Waals surface area (Å²) < 4.78 is 0. The zero-order valence-electron chi connectivity index (χ0n) is 11.1. The molecule has 0 aliphatic rings. The van der Waals surface area contributed by atoms with E-state index in [2.05, 4.69) is 5.32 Å². The van der Waals surface area contributed by atoms with Gasteiger partial charge < -0.3 is 10.4 Å². The van der Waals surface area contributed by atoms with Crippen LogP contribution in [-0.2, 0) is 0 Å². The molecule has 1 atom stereocenters. The molecule has 0 aliphatic carbocycles. The van der Waals surface area contributed by atoms with Crippen LogP contribution in [0.5, 0.6) is 0 Å². The molecule has 0 aromatic heterocycles. The average molecular weight is 290 g/mol. The second-order valence-corrected chi connectivity index (χ2v) is 5.54. The van der Waals surface area contributed by atoms with Gasteiger partial charge in [0.1, 0.15) is 0 Å². The van der Waals surface area contributed by atoms with Crippen LogP contribution in [0.15, 0.2) is 18.2 Å². The molecule has 1 rings (SSSR count). The van der Waals surface area contributed by atoms with Crippen molar-refractivity contribution in [3.63, 3.8) is 0 Å². The zero-order valence-corrected chi connectivity index (χ0v) is 12.6. The van der Waals surface area contributed by atoms with Crippen LogP contribution in [0.3, 0.4) is 0 Å². The molecule has 18 heavy (non-hydrogen) atoms. The number of aliphatic hydroxyl groups is 1. The molecule has 4 heteroatoms. The van der Waals surface area contributed by atoms with Gasteiger partial charge in [0.05, 0.1) is 5.60 Å². The molecule has 0 spiro atoms. The van der Waals surface area contributed by atoms with Gasteiger partial charge in [-0.05, 0) is 37.5 Å². The largest absolute Gasteiger partial charge is 0.389 e. The maximum Gasteiger partial charge on any atom is 0.0766 e. The first kappa shape index (κ1) is 15.8. The minimum atomic E-state index is -0.646. The Morgan fingerprint density at radius 1 is 1.28 bits per heavy atom. The van der Waals surface area contributed by atoms with Crippen LogP contribution in [0.4, 0.5) is 0 Å². The highest BCUT2D eigenvalue weighted by Crippen LogP contribution is 2.26. The Labute approximate surface area is 119 Å². The van der Waals surface area contributed by atoms with E-state index in [4.69, 9.17) is 23.2 Å². The van der Waals surface area contributed by atoms with E-state index in [1.54, 1.807) is 6.07 Å². The lowest BCUT2D eigenvalue weighted by Gasteiger charge is -2.28. The molecule has 0 bridgehead atoms. The summed E-state index contributed by atoms with van der Waals surface area (Å²) in [6.07, 6.45) is 1.47. The quantitative estimate of drug-likeness (QED) is 0.823. The SMILES string of the molecule is CCC(O)(CC)CNC(C)c1ccc(Cl)cc1Cl. The van der Waals surface area contributed by atoms with Gasteiger partial charge in [0, 0.05) is 22.6 Å². The van der Waals surface area contributed by atoms with Crippen LogP contribution >= 0.6 is 23.2 Å². The van der Waals surface area contributed by atoms with Crippen molar-refractivity contribution in [2.75, 3.05) is 6.54 Å². The van der Waals surface area contributed by atoms with E-state index in [0.29, 0.717) is 16.6 Å². The van der Waals surface area contributed by atoms with Crippen molar-refractivity contribution in [2.24, 2.45) is 0 Å². The molecule has 1 aromatic carbocycles. The molecule has 0 fully saturated rings. The van der Waals surface area contributed by atoms with E-state index in [1.165, 1.54) is 0 Å². The van der Waals surface area contributed by atoms with Crippen LogP contribution in [0.1, 0.15) is 45.2 Å². The summed E-state index contributed by atoms with van der Waals surface area (Å²) in [5.74, 6) is 0. The fraction of sp³-hybridized carbons (Fsp3) is 0.571. The molecule has 1 unspecified atom stereocenters. The summed E-state index contributed by atoms with van der Waals surface area (Å²) in [6.45, 7) is 6.57. The van der Waals surface area contributed by atoms with Crippen molar-refractivity contribution in [2.45, 2.75) is 45.3 Å². The molecule has 0 saturated heterocycles. The van der Waals surface area contributed by atoms with E-state index >= 15 is 0 Å². The molecule has 0 radical (unpaired) electrons. The third-order valence-corrected chi connectivity index (χ3v) is 4.04. The molecule has 2 nitrogen and oxygen atoms in total. The predicted octanol–water partition coefficient (Wildman–Crippen LogP) is 4.20. The lowest BCUT2D eigenvalue weighted by molar-refractivity contribution is 0.0303. The third-order valence-electron chi connectivity index (χ3n) is 3.48. The van der Waals surface area contributed by atoms with Crippen LogP contribution in [0, 0.1) is 0 Å². The summed E-state index contributed by atoms with van der Waals surface area (Å²) in [6, 6.07) is 5.56. The van der Waals surface area contributed by atoms with Crippen LogP contribution in [0.2, 0.25) is 10.0 Å². The number of hydrogen-bond acceptors (Lipinski definition) is 2. The first-order chi connectivity index (χ1) is 8.41. The van der Waals surface area contributed by atoms with Gasteiger partial charge in [-0.2, -0.15) is 0 Å². The lowest BCUT2D eigenvalue weighted by atomic mass is 9.96. The van der Waals surface area contributed by atoms with Gasteiger partial charge in [0.25, 0.3) is 0 Å². The Morgan fingerprint density at radius 2 is 1.89 bits per heavy atom. The molecule has 1 aromatic rings. The molecule has 2 N–H and O–H groups in total. The Hall–Kier alpha value is -0.280. The van der Waals surface area contributed by atoms with Crippen LogP contribution < -0.4 is 5.32 Å². The number of benzene rings is 1. The fourth-order valence-electron chi connectivity index (χ4n) is 1.81. The van der Waals surface area contributed by atoms with E-state index in [1.807, 2.05) is 32.9 Å². The normalized spacial score (nSPS) is 13.7. The number of nitrogens with one attached hydrogen (secondary N) is 1. The Morgan fingerprint density at radius 3 is 2.39 bits per heavy atom. The van der Waals surface area contributed by atoms with E-state index in [0.717, 1.165) is 18.4 Å². The summed E-state index contributed by atoms with van der Waals surface area (Å²) >= 11 is 12.0. The molecule has 0 aliphatic heterocycles. The summed E-state index contributed by atoms with van der Waals surface area (Å²) in [5.41, 5.74) is 0.350. The Kier molecular flexibility index (Phi) is 5.93. The number of halogens is 2. The van der Waals surface area contributed by atoms with Crippen molar-refractivity contribution < 1.29 is 5.11 Å². The van der Waals surface area contributed by atoms with Gasteiger partial charge in [-0.3, -0.25) is 0 Å². The summed E-state index contributed by atoms with van der Waals surface area (Å²) in [5, 5.41) is 14.8. The summed E-state index contributed by atoms with van der Waals surface area (Å²) in [4.78, 5) is 0. The van der Waals surface area contributed by atoms with Gasteiger partial charge in [-0.15, -0.1) is 0 Å². The Bertz CT molecular complexity index is 391. The van der Waals surface area contributed by atoms with Gasteiger partial charge in [-0.25, -0.2) is 0 Å². The fourth-order valence-corrected chi connectivity index (χ4v) is 2.38. The van der Waals surface area contributed by atoms with E-state index in [-0.39, 0.29) is 6.04 Å². The van der Waals surface area contributed by atoms with Gasteiger partial charge >= 0.3 is 0 Å². The average Bonchev–Trinajstić information content (AvgIpc) is 2.35. The van der Waals surface area contributed by atoms with Crippen molar-refractivity contribution in [3.8, 4) is 0 Å². The van der Waals surface area contributed by atoms with Gasteiger partial charge in [0.2, 0.25) is 0 Å². The van der Waals surface area contributed by atoms with Gasteiger partial charge in [-0.1, -0.05) is 43.1 Å². The molecular weight excluding hydrogens is 269 g/mol. The lowest BCUT2D eigenvalue weighted by Crippen LogP contribution is -2.40. The smallest absolute Gasteiger partial charge is 0.0766 e. The standard InChI is InChI=1S/C14H21Cl2NO/c1-4-14(18,5-2)9-17-10(3)12-7-6-11(15)8-13(12)16/h6-8,10,17-18H,4-5,9H2,1-3H3. The van der Waals surface area contributed by atoms with Crippen molar-refractivity contribution >= 4 is 23.2 Å². The highest BCUT2D eigenvalue weighted by atomic mass is 35.5. The first-order valence-electron chi connectivity index (χ1n) is 6.32. The maximum absolute atomic E-state index is 10.2. The second kappa shape index (κ2) is 6.76. The number of hydrogen-bond donors (Lipinski definition) is 2. The first-order valence-corrected chi connectivity index (χ1v) is 7.08. The highest BCUT2D eigenvalue weighted by molar-refractivity contribution is 6.35. The Balaban J connectivity index is 2.68. The van der Waals surface area contributed by atoms with Crippen molar-refractivity contribution in [1.29, 1.82) is 0 Å². The minimum absolute atomic E-state index is 0.0828. The second-order valence-electron chi connectivity index (χ2n) is 4.70. The zero-order chi connectivity index (χ0) is 13.8. The highest BCUT2D eigenvalue weighted by Gasteiger charge is 2.23. The monoisotopic (exact) mass is 289 g/mol. The molecular formula is C14H21Cl2NO. The molecule has 102 valence electrons. The predicted molar refractivity (Wildman–Crippen MR) is 78.4 cm³/mol. The third kappa shape index (κ3) is 4.13. The van der Waals surface area contributed by atoms with Gasteiger partial charge in [0.15, 0.2) is 0 Å². The van der Waals surface area contributed by atoms with E-state index in [9.17, 15) is 5.11 Å².